The molecule has 0 spiro atoms. The van der Waals surface area contributed by atoms with Crippen molar-refractivity contribution in [2.75, 3.05) is 26.4 Å². The predicted octanol–water partition coefficient (Wildman–Crippen LogP) is 8.53. The molecule has 0 amide bonds. The Hall–Kier alpha value is -5.28. The molecule has 0 aliphatic heterocycles. The molecule has 0 saturated carbocycles. The van der Waals surface area contributed by atoms with E-state index in [-0.39, 0.29) is 0 Å². The highest BCUT2D eigenvalue weighted by atomic mass is 32.1. The van der Waals surface area contributed by atoms with Gasteiger partial charge in [0.05, 0.1) is 36.2 Å². The van der Waals surface area contributed by atoms with Gasteiger partial charge in [-0.25, -0.2) is 9.59 Å². The lowest BCUT2D eigenvalue weighted by molar-refractivity contribution is -0.138. The molecule has 2 heterocycles. The van der Waals surface area contributed by atoms with Gasteiger partial charge >= 0.3 is 11.9 Å². The van der Waals surface area contributed by atoms with Crippen LogP contribution >= 0.6 is 22.7 Å². The molecule has 0 fully saturated rings. The maximum absolute atomic E-state index is 11.1. The largest absolute Gasteiger partial charge is 0.493 e. The van der Waals surface area contributed by atoms with Crippen molar-refractivity contribution in [3.05, 3.63) is 118 Å². The quantitative estimate of drug-likeness (QED) is 0.0572. The molecule has 3 aromatic carbocycles. The van der Waals surface area contributed by atoms with E-state index in [0.717, 1.165) is 55.7 Å². The molecule has 5 aromatic rings. The van der Waals surface area contributed by atoms with Gasteiger partial charge in [0.2, 0.25) is 0 Å². The number of esters is 2. The van der Waals surface area contributed by atoms with E-state index in [2.05, 4.69) is 61.1 Å². The third-order valence-electron chi connectivity index (χ3n) is 7.13. The van der Waals surface area contributed by atoms with Crippen LogP contribution in [-0.2, 0) is 19.1 Å². The second kappa shape index (κ2) is 16.5. The maximum atomic E-state index is 11.1. The van der Waals surface area contributed by atoms with Crippen LogP contribution in [0.1, 0.15) is 44.8 Å². The molecule has 0 bridgehead atoms. The van der Waals surface area contributed by atoms with Crippen LogP contribution in [0.5, 0.6) is 11.5 Å². The molecule has 5 rings (SSSR count). The van der Waals surface area contributed by atoms with Gasteiger partial charge in [-0.3, -0.25) is 0 Å². The van der Waals surface area contributed by atoms with Crippen molar-refractivity contribution in [1.29, 1.82) is 0 Å². The minimum atomic E-state index is -0.426. The minimum absolute atomic E-state index is 0.295. The summed E-state index contributed by atoms with van der Waals surface area (Å²) >= 11 is 3.37. The van der Waals surface area contributed by atoms with Gasteiger partial charge in [0.15, 0.2) is 0 Å². The lowest BCUT2D eigenvalue weighted by Crippen LogP contribution is -2.06. The minimum Gasteiger partial charge on any atom is -0.493 e. The van der Waals surface area contributed by atoms with Crippen LogP contribution in [-0.4, -0.2) is 38.4 Å². The van der Waals surface area contributed by atoms with Crippen molar-refractivity contribution in [1.82, 2.24) is 0 Å². The van der Waals surface area contributed by atoms with Crippen molar-refractivity contribution >= 4 is 54.8 Å². The van der Waals surface area contributed by atoms with Gasteiger partial charge in [0.25, 0.3) is 0 Å². The molecule has 0 unspecified atom stereocenters. The van der Waals surface area contributed by atoms with E-state index in [0.29, 0.717) is 39.3 Å². The molecule has 0 atom stereocenters. The first-order valence-corrected chi connectivity index (χ1v) is 17.0. The highest BCUT2D eigenvalue weighted by molar-refractivity contribution is 7.21. The summed E-state index contributed by atoms with van der Waals surface area (Å²) in [6, 6.07) is 20.4. The third kappa shape index (κ3) is 9.39. The Balaban J connectivity index is 1.18. The second-order valence-electron chi connectivity index (χ2n) is 10.7. The fourth-order valence-corrected chi connectivity index (χ4v) is 6.54. The molecule has 8 heteroatoms. The summed E-state index contributed by atoms with van der Waals surface area (Å²) in [5, 5.41) is 2.34. The summed E-state index contributed by atoms with van der Waals surface area (Å²) in [6.45, 7) is 12.3. The van der Waals surface area contributed by atoms with E-state index in [4.69, 9.17) is 18.9 Å². The summed E-state index contributed by atoms with van der Waals surface area (Å²) < 4.78 is 23.9. The van der Waals surface area contributed by atoms with Gasteiger partial charge in [0.1, 0.15) is 11.5 Å². The van der Waals surface area contributed by atoms with Crippen molar-refractivity contribution < 1.29 is 28.5 Å². The smallest absolute Gasteiger partial charge is 0.330 e. The Kier molecular flexibility index (Phi) is 11.7. The molecular formula is C40H34O6S2. The van der Waals surface area contributed by atoms with Crippen LogP contribution in [0.3, 0.4) is 0 Å². The maximum Gasteiger partial charge on any atom is 0.330 e. The van der Waals surface area contributed by atoms with E-state index < -0.39 is 11.9 Å². The molecule has 0 aliphatic rings. The fourth-order valence-electron chi connectivity index (χ4n) is 4.65. The highest BCUT2D eigenvalue weighted by Crippen LogP contribution is 2.34. The van der Waals surface area contributed by atoms with Crippen molar-refractivity contribution in [2.45, 2.75) is 26.7 Å². The first-order chi connectivity index (χ1) is 23.3. The number of benzene rings is 3. The highest BCUT2D eigenvalue weighted by Gasteiger charge is 2.07. The van der Waals surface area contributed by atoms with Crippen LogP contribution in [0, 0.1) is 37.5 Å². The molecule has 0 saturated heterocycles. The van der Waals surface area contributed by atoms with E-state index in [1.807, 2.05) is 50.2 Å². The van der Waals surface area contributed by atoms with E-state index in [9.17, 15) is 9.59 Å². The zero-order valence-electron chi connectivity index (χ0n) is 26.9. The summed E-state index contributed by atoms with van der Waals surface area (Å²) in [5.74, 6) is 14.0. The average molecular weight is 675 g/mol. The van der Waals surface area contributed by atoms with Crippen molar-refractivity contribution in [3.8, 4) is 35.2 Å². The topological polar surface area (TPSA) is 71.1 Å². The van der Waals surface area contributed by atoms with E-state index in [1.54, 1.807) is 22.7 Å². The normalized spacial score (nSPS) is 10.4. The van der Waals surface area contributed by atoms with Crippen LogP contribution in [0.2, 0.25) is 0 Å². The number of fused-ring (bicyclic) bond motifs is 2. The average Bonchev–Trinajstić information content (AvgIpc) is 3.67. The Morgan fingerprint density at radius 2 is 1.06 bits per heavy atom. The fraction of sp³-hybridized carbons (Fsp3) is 0.200. The number of hydrogen-bond donors (Lipinski definition) is 0. The van der Waals surface area contributed by atoms with Gasteiger partial charge < -0.3 is 18.9 Å². The predicted molar refractivity (Wildman–Crippen MR) is 194 cm³/mol. The SMILES string of the molecule is C=CC(=O)OCCCOc1ccc(C#Cc2cc3cc4sc(C#Cc5ccc(OCCCOC(=O)C=C)cc5C)cc4cc3s2)c(C)c1. The third-order valence-corrected chi connectivity index (χ3v) is 9.16. The summed E-state index contributed by atoms with van der Waals surface area (Å²) in [7, 11) is 0. The number of hydrogen-bond acceptors (Lipinski definition) is 8. The second-order valence-corrected chi connectivity index (χ2v) is 12.9. The molecule has 6 nitrogen and oxygen atoms in total. The van der Waals surface area contributed by atoms with Crippen molar-refractivity contribution in [2.24, 2.45) is 0 Å². The van der Waals surface area contributed by atoms with Crippen LogP contribution in [0.25, 0.3) is 20.2 Å². The van der Waals surface area contributed by atoms with Crippen molar-refractivity contribution in [3.63, 3.8) is 0 Å². The number of ether oxygens (including phenoxy) is 4. The van der Waals surface area contributed by atoms with Gasteiger partial charge in [-0.15, -0.1) is 22.7 Å². The summed E-state index contributed by atoms with van der Waals surface area (Å²) in [4.78, 5) is 24.2. The molecule has 48 heavy (non-hydrogen) atoms. The molecular weight excluding hydrogens is 641 g/mol. The van der Waals surface area contributed by atoms with Gasteiger partial charge in [-0.05, 0) is 96.4 Å². The van der Waals surface area contributed by atoms with Crippen LogP contribution in [0.15, 0.2) is 86.0 Å². The van der Waals surface area contributed by atoms with E-state index >= 15 is 0 Å². The number of carbonyl (C=O) groups is 2. The van der Waals surface area contributed by atoms with Crippen LogP contribution < -0.4 is 9.47 Å². The zero-order chi connectivity index (χ0) is 33.9. The molecule has 2 aromatic heterocycles. The molecule has 0 N–H and O–H groups in total. The first-order valence-electron chi connectivity index (χ1n) is 15.4. The zero-order valence-corrected chi connectivity index (χ0v) is 28.5. The lowest BCUT2D eigenvalue weighted by atomic mass is 10.1. The van der Waals surface area contributed by atoms with Gasteiger partial charge in [0, 0.05) is 45.5 Å². The summed E-state index contributed by atoms with van der Waals surface area (Å²) in [5.41, 5.74) is 3.97. The molecule has 242 valence electrons. The van der Waals surface area contributed by atoms with Gasteiger partial charge in [-0.2, -0.15) is 0 Å². The number of aryl methyl sites for hydroxylation is 2. The Labute approximate surface area is 288 Å². The summed E-state index contributed by atoms with van der Waals surface area (Å²) in [6.07, 6.45) is 3.51. The number of thiophene rings is 2. The molecule has 0 aliphatic carbocycles. The monoisotopic (exact) mass is 674 g/mol. The number of carbonyl (C=O) groups excluding carboxylic acids is 2. The van der Waals surface area contributed by atoms with Gasteiger partial charge in [-0.1, -0.05) is 36.8 Å². The Morgan fingerprint density at radius 1 is 0.625 bits per heavy atom. The Morgan fingerprint density at radius 3 is 1.46 bits per heavy atom. The lowest BCUT2D eigenvalue weighted by Gasteiger charge is -2.08. The first kappa shape index (κ1) is 34.1. The van der Waals surface area contributed by atoms with Crippen LogP contribution in [0.4, 0.5) is 0 Å². The van der Waals surface area contributed by atoms with E-state index in [1.165, 1.54) is 20.2 Å². The molecule has 0 radical (unpaired) electrons. The number of rotatable bonds is 12. The Bertz CT molecular complexity index is 1910. The standard InChI is InChI=1S/C40H34O6S2/c1-5-39(41)45-19-7-17-43-33-13-9-29(27(3)21-33)11-15-35-23-31-25-38-32(26-37(31)47-35)24-36(48-38)16-12-30-10-14-34(22-28(30)4)44-18-8-20-46-40(42)6-2/h5-6,9-10,13-14,21-26H,1-2,7-8,17-20H2,3-4H3.